The Morgan fingerprint density at radius 2 is 1.74 bits per heavy atom. The van der Waals surface area contributed by atoms with Crippen LogP contribution in [-0.4, -0.2) is 13.2 Å². The van der Waals surface area contributed by atoms with Crippen molar-refractivity contribution in [2.75, 3.05) is 13.2 Å². The normalized spacial score (nSPS) is 13.2. The number of rotatable bonds is 8. The van der Waals surface area contributed by atoms with Gasteiger partial charge in [0, 0.05) is 0 Å². The van der Waals surface area contributed by atoms with E-state index in [0.717, 1.165) is 11.1 Å². The lowest BCUT2D eigenvalue weighted by Crippen LogP contribution is -2.05. The van der Waals surface area contributed by atoms with Crippen molar-refractivity contribution in [2.45, 2.75) is 26.9 Å². The molecule has 0 spiro atoms. The quantitative estimate of drug-likeness (QED) is 0.523. The van der Waals surface area contributed by atoms with Crippen LogP contribution >= 0.6 is 7.82 Å². The molecule has 0 aliphatic rings. The molecule has 1 aromatic rings. The number of phosphoric ester groups is 1. The maximum absolute atomic E-state index is 12.3. The first-order valence-electron chi connectivity index (χ1n) is 6.31. The fraction of sp³-hybridized carbons (Fsp3) is 0.429. The molecule has 106 valence electrons. The topological polar surface area (TPSA) is 44.8 Å². The van der Waals surface area contributed by atoms with Gasteiger partial charge in [0.05, 0.1) is 13.2 Å². The molecule has 0 aliphatic heterocycles. The van der Waals surface area contributed by atoms with Gasteiger partial charge in [0.15, 0.2) is 0 Å². The number of hydrogen-bond donors (Lipinski definition) is 0. The zero-order valence-corrected chi connectivity index (χ0v) is 12.6. The number of phosphoric acid groups is 1. The third kappa shape index (κ3) is 4.92. The highest BCUT2D eigenvalue weighted by Crippen LogP contribution is 2.53. The zero-order chi connectivity index (χ0) is 14.3. The van der Waals surface area contributed by atoms with E-state index in [9.17, 15) is 4.57 Å². The molecular weight excluding hydrogens is 263 g/mol. The van der Waals surface area contributed by atoms with Gasteiger partial charge in [0.25, 0.3) is 0 Å². The molecule has 0 fully saturated rings. The minimum Gasteiger partial charge on any atom is -0.287 e. The Balaban J connectivity index is 2.88. The Bertz CT molecular complexity index is 431. The van der Waals surface area contributed by atoms with Gasteiger partial charge in [-0.1, -0.05) is 35.9 Å². The fourth-order valence-corrected chi connectivity index (χ4v) is 2.86. The first-order chi connectivity index (χ1) is 9.04. The molecular formula is C14H21O4P. The Kier molecular flexibility index (Phi) is 6.46. The molecule has 0 heterocycles. The average molecular weight is 284 g/mol. The smallest absolute Gasteiger partial charge is 0.287 e. The van der Waals surface area contributed by atoms with Crippen LogP contribution in [0.1, 0.15) is 31.1 Å². The van der Waals surface area contributed by atoms with Gasteiger partial charge in [-0.15, -0.1) is 6.58 Å². The molecule has 0 amide bonds. The van der Waals surface area contributed by atoms with Crippen LogP contribution in [0.2, 0.25) is 0 Å². The highest BCUT2D eigenvalue weighted by Gasteiger charge is 2.29. The molecule has 0 aliphatic carbocycles. The number of aryl methyl sites for hydroxylation is 1. The largest absolute Gasteiger partial charge is 0.475 e. The van der Waals surface area contributed by atoms with Gasteiger partial charge in [-0.3, -0.25) is 13.6 Å². The van der Waals surface area contributed by atoms with E-state index >= 15 is 0 Å². The molecule has 0 radical (unpaired) electrons. The van der Waals surface area contributed by atoms with Crippen LogP contribution in [0, 0.1) is 6.92 Å². The van der Waals surface area contributed by atoms with Crippen molar-refractivity contribution in [1.29, 1.82) is 0 Å². The third-order valence-corrected chi connectivity index (χ3v) is 4.07. The Morgan fingerprint density at radius 3 is 2.16 bits per heavy atom. The predicted molar refractivity (Wildman–Crippen MR) is 76.1 cm³/mol. The van der Waals surface area contributed by atoms with Crippen molar-refractivity contribution in [1.82, 2.24) is 0 Å². The SMILES string of the molecule is C=CC(OP(=O)(OCC)OCC)c1ccc(C)cc1. The van der Waals surface area contributed by atoms with Crippen LogP contribution in [0.3, 0.4) is 0 Å². The number of hydrogen-bond acceptors (Lipinski definition) is 4. The van der Waals surface area contributed by atoms with E-state index in [1.165, 1.54) is 0 Å². The molecule has 1 aromatic carbocycles. The van der Waals surface area contributed by atoms with Crippen LogP contribution in [0.25, 0.3) is 0 Å². The molecule has 4 nitrogen and oxygen atoms in total. The maximum atomic E-state index is 12.3. The van der Waals surface area contributed by atoms with Gasteiger partial charge in [-0.05, 0) is 26.3 Å². The van der Waals surface area contributed by atoms with Gasteiger partial charge in [0.1, 0.15) is 6.10 Å². The third-order valence-electron chi connectivity index (χ3n) is 2.44. The van der Waals surface area contributed by atoms with Crippen LogP contribution in [0.5, 0.6) is 0 Å². The summed E-state index contributed by atoms with van der Waals surface area (Å²) in [7, 11) is -3.54. The Hall–Kier alpha value is -0.930. The van der Waals surface area contributed by atoms with Gasteiger partial charge in [0.2, 0.25) is 0 Å². The second-order valence-electron chi connectivity index (χ2n) is 3.96. The van der Waals surface area contributed by atoms with Crippen LogP contribution in [-0.2, 0) is 18.1 Å². The summed E-state index contributed by atoms with van der Waals surface area (Å²) < 4.78 is 28.0. The average Bonchev–Trinajstić information content (AvgIpc) is 2.38. The Morgan fingerprint density at radius 1 is 1.21 bits per heavy atom. The van der Waals surface area contributed by atoms with E-state index in [0.29, 0.717) is 0 Å². The summed E-state index contributed by atoms with van der Waals surface area (Å²) in [6, 6.07) is 7.73. The van der Waals surface area contributed by atoms with Crippen molar-refractivity contribution in [2.24, 2.45) is 0 Å². The first kappa shape index (κ1) is 16.1. The van der Waals surface area contributed by atoms with Crippen molar-refractivity contribution in [3.63, 3.8) is 0 Å². The summed E-state index contributed by atoms with van der Waals surface area (Å²) in [6.45, 7) is 9.70. The molecule has 1 atom stereocenters. The van der Waals surface area contributed by atoms with E-state index in [-0.39, 0.29) is 13.2 Å². The summed E-state index contributed by atoms with van der Waals surface area (Å²) >= 11 is 0. The molecule has 0 N–H and O–H groups in total. The standard InChI is InChI=1S/C14H21O4P/c1-5-14(13-10-8-12(4)9-11-13)18-19(15,16-6-2)17-7-3/h5,8-11,14H,1,6-7H2,2-4H3. The predicted octanol–water partition coefficient (Wildman–Crippen LogP) is 4.42. The molecule has 1 unspecified atom stereocenters. The first-order valence-corrected chi connectivity index (χ1v) is 7.77. The van der Waals surface area contributed by atoms with Crippen molar-refractivity contribution < 1.29 is 18.1 Å². The monoisotopic (exact) mass is 284 g/mol. The van der Waals surface area contributed by atoms with Gasteiger partial charge in [-0.25, -0.2) is 4.57 Å². The minimum atomic E-state index is -3.54. The van der Waals surface area contributed by atoms with E-state index in [4.69, 9.17) is 13.6 Å². The molecule has 0 aromatic heterocycles. The van der Waals surface area contributed by atoms with Crippen LogP contribution < -0.4 is 0 Å². The second-order valence-corrected chi connectivity index (χ2v) is 5.58. The van der Waals surface area contributed by atoms with Gasteiger partial charge >= 0.3 is 7.82 Å². The summed E-state index contributed by atoms with van der Waals surface area (Å²) in [5, 5.41) is 0. The minimum absolute atomic E-state index is 0.259. The zero-order valence-electron chi connectivity index (χ0n) is 11.7. The van der Waals surface area contributed by atoms with Crippen LogP contribution in [0.15, 0.2) is 36.9 Å². The highest BCUT2D eigenvalue weighted by atomic mass is 31.2. The maximum Gasteiger partial charge on any atom is 0.475 e. The molecule has 1 rings (SSSR count). The van der Waals surface area contributed by atoms with Gasteiger partial charge in [-0.2, -0.15) is 0 Å². The molecule has 0 bridgehead atoms. The lowest BCUT2D eigenvalue weighted by atomic mass is 10.1. The Labute approximate surface area is 115 Å². The van der Waals surface area contributed by atoms with E-state index < -0.39 is 13.9 Å². The van der Waals surface area contributed by atoms with Crippen molar-refractivity contribution >= 4 is 7.82 Å². The molecule has 0 saturated carbocycles. The van der Waals surface area contributed by atoms with E-state index in [1.54, 1.807) is 19.9 Å². The van der Waals surface area contributed by atoms with Crippen molar-refractivity contribution in [3.05, 3.63) is 48.0 Å². The summed E-state index contributed by atoms with van der Waals surface area (Å²) in [4.78, 5) is 0. The molecule has 5 heteroatoms. The van der Waals surface area contributed by atoms with Crippen LogP contribution in [0.4, 0.5) is 0 Å². The summed E-state index contributed by atoms with van der Waals surface area (Å²) in [5.74, 6) is 0. The summed E-state index contributed by atoms with van der Waals surface area (Å²) in [5.41, 5.74) is 2.00. The van der Waals surface area contributed by atoms with Gasteiger partial charge < -0.3 is 0 Å². The lowest BCUT2D eigenvalue weighted by Gasteiger charge is -2.21. The number of benzene rings is 1. The fourth-order valence-electron chi connectivity index (χ4n) is 1.55. The molecule has 0 saturated heterocycles. The van der Waals surface area contributed by atoms with E-state index in [1.807, 2.05) is 31.2 Å². The highest BCUT2D eigenvalue weighted by molar-refractivity contribution is 7.48. The lowest BCUT2D eigenvalue weighted by molar-refractivity contribution is 0.101. The second kappa shape index (κ2) is 7.61. The summed E-state index contributed by atoms with van der Waals surface area (Å²) in [6.07, 6.45) is 1.06. The molecule has 19 heavy (non-hydrogen) atoms. The van der Waals surface area contributed by atoms with Crippen molar-refractivity contribution in [3.8, 4) is 0 Å². The van der Waals surface area contributed by atoms with E-state index in [2.05, 4.69) is 6.58 Å².